The Morgan fingerprint density at radius 2 is 1.96 bits per heavy atom. The molecule has 4 atom stereocenters. The number of aliphatic hydroxyl groups is 1. The third kappa shape index (κ3) is 4.00. The van der Waals surface area contributed by atoms with Gasteiger partial charge < -0.3 is 22.8 Å². The Kier molecular flexibility index (Phi) is 5.18. The molecule has 2 aliphatic rings. The maximum atomic E-state index is 12.1. The van der Waals surface area contributed by atoms with Crippen LogP contribution in [0.1, 0.15) is 6.23 Å². The van der Waals surface area contributed by atoms with Crippen LogP contribution in [-0.4, -0.2) is 56.7 Å². The number of hydrogen-bond acceptors (Lipinski definition) is 7. The summed E-state index contributed by atoms with van der Waals surface area (Å²) in [6.45, 7) is 7.86. The third-order valence-corrected chi connectivity index (χ3v) is 10.4. The predicted molar refractivity (Wildman–Crippen MR) is 101 cm³/mol. The smallest absolute Gasteiger partial charge is 0.330 e. The van der Waals surface area contributed by atoms with Crippen LogP contribution in [0.2, 0.25) is 26.2 Å². The Bertz CT molecular complexity index is 780. The van der Waals surface area contributed by atoms with Gasteiger partial charge in [-0.1, -0.05) is 0 Å². The van der Waals surface area contributed by atoms with Crippen molar-refractivity contribution in [1.82, 2.24) is 9.55 Å². The molecule has 3 rings (SSSR count). The van der Waals surface area contributed by atoms with E-state index in [2.05, 4.69) is 4.98 Å². The van der Waals surface area contributed by atoms with Gasteiger partial charge in [-0.25, -0.2) is 4.79 Å². The van der Waals surface area contributed by atoms with Crippen molar-refractivity contribution in [2.45, 2.75) is 50.7 Å². The average molecular weight is 500 g/mol. The molecule has 1 aromatic heterocycles. The van der Waals surface area contributed by atoms with E-state index < -0.39 is 52.9 Å². The molecule has 0 bridgehead atoms. The van der Waals surface area contributed by atoms with Crippen LogP contribution in [0.5, 0.6) is 0 Å². The van der Waals surface area contributed by atoms with Crippen LogP contribution in [0.25, 0.3) is 0 Å². The van der Waals surface area contributed by atoms with E-state index in [0.717, 1.165) is 0 Å². The minimum Gasteiger partial charge on any atom is -0.415 e. The van der Waals surface area contributed by atoms with E-state index in [1.807, 2.05) is 48.8 Å². The average Bonchev–Trinajstić information content (AvgIpc) is 2.75. The Morgan fingerprint density at radius 1 is 1.28 bits per heavy atom. The first-order valence-corrected chi connectivity index (χ1v) is 14.6. The molecule has 0 radical (unpaired) electrons. The van der Waals surface area contributed by atoms with Gasteiger partial charge >= 0.3 is 22.8 Å². The first kappa shape index (κ1) is 19.4. The number of fused-ring (bicyclic) bond motifs is 1. The number of H-pyrrole nitrogens is 1. The van der Waals surface area contributed by atoms with Gasteiger partial charge in [0.15, 0.2) is 6.23 Å². The van der Waals surface area contributed by atoms with Crippen LogP contribution in [0.3, 0.4) is 0 Å². The molecule has 0 aromatic carbocycles. The van der Waals surface area contributed by atoms with Crippen molar-refractivity contribution in [3.8, 4) is 0 Å². The molecule has 0 saturated carbocycles. The molecule has 140 valence electrons. The molecule has 2 fully saturated rings. The number of rotatable bonds is 1. The summed E-state index contributed by atoms with van der Waals surface area (Å²) in [6, 6.07) is 0. The van der Waals surface area contributed by atoms with Crippen LogP contribution in [0, 0.1) is 3.57 Å². The second-order valence-electron chi connectivity index (χ2n) is 6.99. The van der Waals surface area contributed by atoms with Crippen LogP contribution in [0.4, 0.5) is 0 Å². The summed E-state index contributed by atoms with van der Waals surface area (Å²) in [6.07, 6.45) is -1.89. The second kappa shape index (κ2) is 6.67. The Labute approximate surface area is 159 Å². The molecular weight excluding hydrogens is 479 g/mol. The fraction of sp³-hybridized carbons (Fsp3) is 0.692. The number of aliphatic hydroxyl groups excluding tert-OH is 1. The zero-order valence-corrected chi connectivity index (χ0v) is 18.5. The van der Waals surface area contributed by atoms with E-state index >= 15 is 0 Å². The van der Waals surface area contributed by atoms with E-state index in [9.17, 15) is 14.7 Å². The van der Waals surface area contributed by atoms with Crippen LogP contribution in [0.15, 0.2) is 15.8 Å². The van der Waals surface area contributed by atoms with Gasteiger partial charge in [0.05, 0.1) is 10.2 Å². The highest BCUT2D eigenvalue weighted by Gasteiger charge is 2.52. The van der Waals surface area contributed by atoms with Crippen molar-refractivity contribution in [2.24, 2.45) is 0 Å². The van der Waals surface area contributed by atoms with Gasteiger partial charge in [0.1, 0.15) is 18.3 Å². The van der Waals surface area contributed by atoms with E-state index in [-0.39, 0.29) is 6.61 Å². The van der Waals surface area contributed by atoms with Crippen LogP contribution < -0.4 is 11.2 Å². The summed E-state index contributed by atoms with van der Waals surface area (Å²) >= 11 is 1.82. The third-order valence-electron chi connectivity index (χ3n) is 4.01. The van der Waals surface area contributed by atoms with Gasteiger partial charge in [0.25, 0.3) is 5.56 Å². The van der Waals surface area contributed by atoms with Gasteiger partial charge in [-0.3, -0.25) is 14.3 Å². The summed E-state index contributed by atoms with van der Waals surface area (Å²) in [5.41, 5.74) is -1.12. The minimum atomic E-state index is -2.55. The molecule has 0 spiro atoms. The minimum absolute atomic E-state index is 0.205. The maximum Gasteiger partial charge on any atom is 0.330 e. The lowest BCUT2D eigenvalue weighted by molar-refractivity contribution is -0.0574. The lowest BCUT2D eigenvalue weighted by Crippen LogP contribution is -2.56. The van der Waals surface area contributed by atoms with Gasteiger partial charge in [-0.15, -0.1) is 0 Å². The molecule has 0 aliphatic carbocycles. The number of hydrogen-bond donors (Lipinski definition) is 2. The molecule has 0 amide bonds. The van der Waals surface area contributed by atoms with Crippen molar-refractivity contribution < 1.29 is 22.8 Å². The monoisotopic (exact) mass is 500 g/mol. The van der Waals surface area contributed by atoms with Crippen LogP contribution in [-0.2, 0) is 17.7 Å². The highest BCUT2D eigenvalue weighted by Crippen LogP contribution is 2.35. The normalized spacial score (nSPS) is 34.2. The fourth-order valence-electron chi connectivity index (χ4n) is 3.13. The van der Waals surface area contributed by atoms with E-state index in [1.54, 1.807) is 0 Å². The van der Waals surface area contributed by atoms with Gasteiger partial charge in [0.2, 0.25) is 0 Å². The standard InChI is InChI=1S/C13H21IN2O7Si2/c1-24(2)20-6-8-10(22-25(3,4)23-24)9(17)12(21-8)16-5-7(14)11(18)15-13(16)19/h5,8-10,12,17H,6H2,1-4H3,(H,15,18,19)/t8-,9?,10?,12-/m1/s1. The molecular formula is C13H21IN2O7Si2. The predicted octanol–water partition coefficient (Wildman–Crippen LogP) is 0.235. The van der Waals surface area contributed by atoms with Gasteiger partial charge in [-0.2, -0.15) is 0 Å². The lowest BCUT2D eigenvalue weighted by Gasteiger charge is -2.39. The Balaban J connectivity index is 1.94. The summed E-state index contributed by atoms with van der Waals surface area (Å²) in [7, 11) is -4.91. The first-order valence-electron chi connectivity index (χ1n) is 7.85. The molecule has 12 heteroatoms. The van der Waals surface area contributed by atoms with Crippen molar-refractivity contribution in [1.29, 1.82) is 0 Å². The maximum absolute atomic E-state index is 12.1. The number of ether oxygens (including phenoxy) is 1. The number of nitrogens with zero attached hydrogens (tertiary/aromatic N) is 1. The number of aromatic nitrogens is 2. The van der Waals surface area contributed by atoms with Crippen LogP contribution >= 0.6 is 22.6 Å². The molecule has 2 aliphatic heterocycles. The molecule has 2 unspecified atom stereocenters. The molecule has 3 heterocycles. The topological polar surface area (TPSA) is 112 Å². The molecule has 2 saturated heterocycles. The first-order chi connectivity index (χ1) is 11.5. The number of aromatic amines is 1. The van der Waals surface area contributed by atoms with Crippen molar-refractivity contribution in [2.75, 3.05) is 6.61 Å². The molecule has 2 N–H and O–H groups in total. The van der Waals surface area contributed by atoms with E-state index in [0.29, 0.717) is 3.57 Å². The molecule has 9 nitrogen and oxygen atoms in total. The summed E-state index contributed by atoms with van der Waals surface area (Å²) in [5.74, 6) is 0. The quantitative estimate of drug-likeness (QED) is 0.420. The van der Waals surface area contributed by atoms with Crippen molar-refractivity contribution in [3.05, 3.63) is 30.6 Å². The largest absolute Gasteiger partial charge is 0.415 e. The number of nitrogens with one attached hydrogen (secondary N) is 1. The zero-order chi connectivity index (χ0) is 18.6. The van der Waals surface area contributed by atoms with Crippen molar-refractivity contribution >= 4 is 39.7 Å². The Hall–Kier alpha value is -0.356. The summed E-state index contributed by atoms with van der Waals surface area (Å²) in [4.78, 5) is 25.9. The van der Waals surface area contributed by atoms with E-state index in [4.69, 9.17) is 17.7 Å². The fourth-order valence-corrected chi connectivity index (χ4v) is 10.2. The molecule has 25 heavy (non-hydrogen) atoms. The van der Waals surface area contributed by atoms with Gasteiger partial charge in [-0.05, 0) is 48.8 Å². The SMILES string of the molecule is C[Si]1(C)OC[C@H]2O[C@@H](n3cc(I)c(=O)[nH]c3=O)C(O)C2O[Si](C)(C)O1. The Morgan fingerprint density at radius 3 is 2.64 bits per heavy atom. The number of halogens is 1. The second-order valence-corrected chi connectivity index (χ2v) is 15.1. The summed E-state index contributed by atoms with van der Waals surface area (Å²) in [5, 5.41) is 10.7. The van der Waals surface area contributed by atoms with Crippen molar-refractivity contribution in [3.63, 3.8) is 0 Å². The molecule has 1 aromatic rings. The highest BCUT2D eigenvalue weighted by atomic mass is 127. The van der Waals surface area contributed by atoms with Gasteiger partial charge in [0, 0.05) is 6.20 Å². The zero-order valence-electron chi connectivity index (χ0n) is 14.3. The highest BCUT2D eigenvalue weighted by molar-refractivity contribution is 14.1. The van der Waals surface area contributed by atoms with E-state index in [1.165, 1.54) is 10.8 Å². The lowest BCUT2D eigenvalue weighted by atomic mass is 10.1. The summed E-state index contributed by atoms with van der Waals surface area (Å²) < 4.78 is 25.5.